The van der Waals surface area contributed by atoms with Crippen LogP contribution < -0.4 is 5.32 Å². The van der Waals surface area contributed by atoms with Gasteiger partial charge < -0.3 is 14.6 Å². The number of carbonyl (C=O) groups is 1. The molecule has 0 amide bonds. The van der Waals surface area contributed by atoms with Crippen molar-refractivity contribution in [1.29, 1.82) is 0 Å². The van der Waals surface area contributed by atoms with Gasteiger partial charge in [-0.1, -0.05) is 24.3 Å². The van der Waals surface area contributed by atoms with Gasteiger partial charge in [-0.3, -0.25) is 5.32 Å². The van der Waals surface area contributed by atoms with Crippen LogP contribution in [0.2, 0.25) is 0 Å². The molecule has 1 aromatic carbocycles. The normalized spacial score (nSPS) is 22.5. The van der Waals surface area contributed by atoms with Gasteiger partial charge in [-0.15, -0.1) is 0 Å². The molecule has 1 aliphatic heterocycles. The predicted octanol–water partition coefficient (Wildman–Crippen LogP) is 0.733. The van der Waals surface area contributed by atoms with Crippen molar-refractivity contribution in [2.24, 2.45) is 0 Å². The predicted molar refractivity (Wildman–Crippen MR) is 65.3 cm³/mol. The third-order valence-electron chi connectivity index (χ3n) is 3.15. The van der Waals surface area contributed by atoms with E-state index >= 15 is 0 Å². The van der Waals surface area contributed by atoms with Crippen LogP contribution in [0.5, 0.6) is 0 Å². The number of carboxylic acid groups (broad SMARTS) is 1. The first-order valence-electron chi connectivity index (χ1n) is 5.84. The molecule has 5 heteroatoms. The zero-order valence-corrected chi connectivity index (χ0v) is 10.3. The lowest BCUT2D eigenvalue weighted by atomic mass is 9.85. The first kappa shape index (κ1) is 13.0. The summed E-state index contributed by atoms with van der Waals surface area (Å²) in [5, 5.41) is 12.6. The molecule has 2 rings (SSSR count). The number of methoxy groups -OCH3 is 1. The fourth-order valence-electron chi connectivity index (χ4n) is 2.22. The topological polar surface area (TPSA) is 67.8 Å². The molecule has 1 aliphatic rings. The van der Waals surface area contributed by atoms with E-state index in [0.717, 1.165) is 11.1 Å². The Morgan fingerprint density at radius 3 is 3.06 bits per heavy atom. The number of fused-ring (bicyclic) bond motifs is 1. The van der Waals surface area contributed by atoms with Crippen LogP contribution in [-0.4, -0.2) is 37.9 Å². The molecule has 0 bridgehead atoms. The molecule has 0 radical (unpaired) electrons. The number of benzene rings is 1. The number of aliphatic carboxylic acids is 1. The molecule has 1 aromatic rings. The molecule has 0 saturated heterocycles. The number of carboxylic acids is 1. The second-order valence-corrected chi connectivity index (χ2v) is 4.28. The summed E-state index contributed by atoms with van der Waals surface area (Å²) in [6.45, 7) is 1.50. The standard InChI is InChI=1S/C13H17NO4/c1-17-7-6-14-13(12(15)16)9-18-8-10-4-2-3-5-11(10)13/h2-5,14H,6-9H2,1H3,(H,15,16). The largest absolute Gasteiger partial charge is 0.480 e. The van der Waals surface area contributed by atoms with Gasteiger partial charge in [-0.2, -0.15) is 0 Å². The molecule has 0 aliphatic carbocycles. The summed E-state index contributed by atoms with van der Waals surface area (Å²) in [5.41, 5.74) is 0.517. The first-order valence-corrected chi connectivity index (χ1v) is 5.84. The van der Waals surface area contributed by atoms with Gasteiger partial charge in [0.25, 0.3) is 0 Å². The number of hydrogen-bond donors (Lipinski definition) is 2. The second kappa shape index (κ2) is 5.48. The van der Waals surface area contributed by atoms with Gasteiger partial charge in [0.1, 0.15) is 0 Å². The molecule has 0 saturated carbocycles. The molecule has 5 nitrogen and oxygen atoms in total. The van der Waals surface area contributed by atoms with Gasteiger partial charge in [-0.25, -0.2) is 4.79 Å². The van der Waals surface area contributed by atoms with Gasteiger partial charge in [-0.05, 0) is 11.1 Å². The third-order valence-corrected chi connectivity index (χ3v) is 3.15. The Hall–Kier alpha value is -1.43. The van der Waals surface area contributed by atoms with Crippen LogP contribution in [0, 0.1) is 0 Å². The molecule has 1 unspecified atom stereocenters. The number of rotatable bonds is 5. The Morgan fingerprint density at radius 1 is 1.56 bits per heavy atom. The first-order chi connectivity index (χ1) is 8.70. The maximum atomic E-state index is 11.6. The van der Waals surface area contributed by atoms with Crippen LogP contribution in [0.4, 0.5) is 0 Å². The van der Waals surface area contributed by atoms with Crippen LogP contribution in [0.1, 0.15) is 11.1 Å². The summed E-state index contributed by atoms with van der Waals surface area (Å²) in [7, 11) is 1.58. The molecular weight excluding hydrogens is 234 g/mol. The molecule has 0 fully saturated rings. The van der Waals surface area contributed by atoms with Crippen molar-refractivity contribution in [2.45, 2.75) is 12.1 Å². The molecular formula is C13H17NO4. The van der Waals surface area contributed by atoms with E-state index in [4.69, 9.17) is 9.47 Å². The Kier molecular flexibility index (Phi) is 3.96. The van der Waals surface area contributed by atoms with Crippen LogP contribution >= 0.6 is 0 Å². The van der Waals surface area contributed by atoms with E-state index in [1.165, 1.54) is 0 Å². The Labute approximate surface area is 106 Å². The zero-order valence-electron chi connectivity index (χ0n) is 10.3. The Morgan fingerprint density at radius 2 is 2.33 bits per heavy atom. The highest BCUT2D eigenvalue weighted by Crippen LogP contribution is 2.30. The highest BCUT2D eigenvalue weighted by atomic mass is 16.5. The monoisotopic (exact) mass is 251 g/mol. The van der Waals surface area contributed by atoms with Crippen molar-refractivity contribution in [3.63, 3.8) is 0 Å². The molecule has 18 heavy (non-hydrogen) atoms. The van der Waals surface area contributed by atoms with E-state index in [-0.39, 0.29) is 6.61 Å². The van der Waals surface area contributed by atoms with Gasteiger partial charge in [0, 0.05) is 13.7 Å². The van der Waals surface area contributed by atoms with Gasteiger partial charge in [0.15, 0.2) is 5.54 Å². The van der Waals surface area contributed by atoms with Crippen molar-refractivity contribution < 1.29 is 19.4 Å². The van der Waals surface area contributed by atoms with Crippen LogP contribution in [0.3, 0.4) is 0 Å². The number of nitrogens with one attached hydrogen (secondary N) is 1. The lowest BCUT2D eigenvalue weighted by Gasteiger charge is -2.36. The van der Waals surface area contributed by atoms with Crippen molar-refractivity contribution in [1.82, 2.24) is 5.32 Å². The van der Waals surface area contributed by atoms with Crippen molar-refractivity contribution in [2.75, 3.05) is 26.9 Å². The van der Waals surface area contributed by atoms with Crippen molar-refractivity contribution in [3.8, 4) is 0 Å². The molecule has 1 atom stereocenters. The molecule has 0 aromatic heterocycles. The van der Waals surface area contributed by atoms with Gasteiger partial charge in [0.2, 0.25) is 0 Å². The third kappa shape index (κ3) is 2.25. The van der Waals surface area contributed by atoms with E-state index in [2.05, 4.69) is 5.32 Å². The van der Waals surface area contributed by atoms with Crippen molar-refractivity contribution >= 4 is 5.97 Å². The van der Waals surface area contributed by atoms with E-state index in [9.17, 15) is 9.90 Å². The highest BCUT2D eigenvalue weighted by molar-refractivity contribution is 5.82. The minimum absolute atomic E-state index is 0.128. The Balaban J connectivity index is 2.33. The lowest BCUT2D eigenvalue weighted by Crippen LogP contribution is -2.55. The molecule has 1 heterocycles. The summed E-state index contributed by atoms with van der Waals surface area (Å²) in [6.07, 6.45) is 0. The quantitative estimate of drug-likeness (QED) is 0.755. The molecule has 2 N–H and O–H groups in total. The summed E-state index contributed by atoms with van der Waals surface area (Å²) in [5.74, 6) is -0.925. The fraction of sp³-hybridized carbons (Fsp3) is 0.462. The summed E-state index contributed by atoms with van der Waals surface area (Å²) >= 11 is 0. The number of ether oxygens (including phenoxy) is 2. The highest BCUT2D eigenvalue weighted by Gasteiger charge is 2.44. The van der Waals surface area contributed by atoms with Crippen molar-refractivity contribution in [3.05, 3.63) is 35.4 Å². The SMILES string of the molecule is COCCNC1(C(=O)O)COCc2ccccc21. The van der Waals surface area contributed by atoms with E-state index < -0.39 is 11.5 Å². The maximum Gasteiger partial charge on any atom is 0.331 e. The summed E-state index contributed by atoms with van der Waals surface area (Å²) < 4.78 is 10.4. The summed E-state index contributed by atoms with van der Waals surface area (Å²) in [6, 6.07) is 7.46. The average Bonchev–Trinajstić information content (AvgIpc) is 2.39. The number of hydrogen-bond acceptors (Lipinski definition) is 4. The fourth-order valence-corrected chi connectivity index (χ4v) is 2.22. The van der Waals surface area contributed by atoms with E-state index in [1.807, 2.05) is 24.3 Å². The average molecular weight is 251 g/mol. The maximum absolute atomic E-state index is 11.6. The van der Waals surface area contributed by atoms with Crippen LogP contribution in [-0.2, 0) is 26.4 Å². The van der Waals surface area contributed by atoms with E-state index in [1.54, 1.807) is 7.11 Å². The molecule has 98 valence electrons. The van der Waals surface area contributed by atoms with Gasteiger partial charge in [0.05, 0.1) is 19.8 Å². The summed E-state index contributed by atoms with van der Waals surface area (Å²) in [4.78, 5) is 11.6. The Bertz CT molecular complexity index is 435. The minimum Gasteiger partial charge on any atom is -0.480 e. The second-order valence-electron chi connectivity index (χ2n) is 4.28. The zero-order chi connectivity index (χ0) is 13.0. The van der Waals surface area contributed by atoms with E-state index in [0.29, 0.717) is 19.8 Å². The lowest BCUT2D eigenvalue weighted by molar-refractivity contribution is -0.150. The smallest absolute Gasteiger partial charge is 0.331 e. The molecule has 0 spiro atoms. The van der Waals surface area contributed by atoms with Crippen LogP contribution in [0.15, 0.2) is 24.3 Å². The van der Waals surface area contributed by atoms with Crippen LogP contribution in [0.25, 0.3) is 0 Å². The van der Waals surface area contributed by atoms with Gasteiger partial charge >= 0.3 is 5.97 Å². The minimum atomic E-state index is -1.17.